The highest BCUT2D eigenvalue weighted by Gasteiger charge is 2.17. The lowest BCUT2D eigenvalue weighted by Gasteiger charge is -2.23. The third-order valence-corrected chi connectivity index (χ3v) is 2.76. The second-order valence-electron chi connectivity index (χ2n) is 3.97. The van der Waals surface area contributed by atoms with Crippen molar-refractivity contribution in [1.82, 2.24) is 0 Å². The molecule has 1 aromatic carbocycles. The Labute approximate surface area is 80.7 Å². The maximum absolute atomic E-state index is 5.12. The fourth-order valence-corrected chi connectivity index (χ4v) is 1.25. The lowest BCUT2D eigenvalue weighted by Crippen LogP contribution is -2.14. The van der Waals surface area contributed by atoms with Crippen molar-refractivity contribution in [1.29, 1.82) is 0 Å². The van der Waals surface area contributed by atoms with Crippen LogP contribution in [0.5, 0.6) is 5.75 Å². The van der Waals surface area contributed by atoms with E-state index in [-0.39, 0.29) is 5.41 Å². The number of hydrogen-bond acceptors (Lipinski definition) is 1. The van der Waals surface area contributed by atoms with E-state index in [4.69, 9.17) is 4.74 Å². The molecule has 0 bridgehead atoms. The number of hydrogen-bond donors (Lipinski definition) is 0. The smallest absolute Gasteiger partial charge is 0.118 e. The van der Waals surface area contributed by atoms with Crippen molar-refractivity contribution in [2.45, 2.75) is 32.6 Å². The van der Waals surface area contributed by atoms with Gasteiger partial charge in [-0.05, 0) is 29.5 Å². The van der Waals surface area contributed by atoms with Gasteiger partial charge in [-0.25, -0.2) is 0 Å². The molecule has 0 aliphatic carbocycles. The van der Waals surface area contributed by atoms with Crippen molar-refractivity contribution in [2.75, 3.05) is 7.11 Å². The summed E-state index contributed by atoms with van der Waals surface area (Å²) < 4.78 is 5.12. The minimum absolute atomic E-state index is 0.270. The van der Waals surface area contributed by atoms with Crippen LogP contribution in [0.2, 0.25) is 0 Å². The second-order valence-corrected chi connectivity index (χ2v) is 3.97. The quantitative estimate of drug-likeness (QED) is 0.689. The van der Waals surface area contributed by atoms with Gasteiger partial charge in [-0.2, -0.15) is 0 Å². The molecule has 0 unspecified atom stereocenters. The Morgan fingerprint density at radius 1 is 1.15 bits per heavy atom. The highest BCUT2D eigenvalue weighted by Crippen LogP contribution is 2.27. The molecule has 13 heavy (non-hydrogen) atoms. The van der Waals surface area contributed by atoms with E-state index < -0.39 is 0 Å². The van der Waals surface area contributed by atoms with E-state index in [0.29, 0.717) is 0 Å². The van der Waals surface area contributed by atoms with Gasteiger partial charge in [0, 0.05) is 0 Å². The van der Waals surface area contributed by atoms with Gasteiger partial charge >= 0.3 is 0 Å². The molecule has 0 fully saturated rings. The molecule has 0 radical (unpaired) electrons. The number of rotatable bonds is 3. The zero-order chi connectivity index (χ0) is 9.90. The molecule has 72 valence electrons. The molecule has 1 aromatic rings. The van der Waals surface area contributed by atoms with Crippen molar-refractivity contribution in [3.63, 3.8) is 0 Å². The van der Waals surface area contributed by atoms with Crippen LogP contribution >= 0.6 is 0 Å². The Bertz CT molecular complexity index is 259. The van der Waals surface area contributed by atoms with E-state index in [1.54, 1.807) is 7.11 Å². The van der Waals surface area contributed by atoms with Crippen molar-refractivity contribution in [3.8, 4) is 5.75 Å². The summed E-state index contributed by atoms with van der Waals surface area (Å²) in [6.07, 6.45) is 1.15. The molecule has 0 aliphatic heterocycles. The van der Waals surface area contributed by atoms with Gasteiger partial charge in [0.1, 0.15) is 5.75 Å². The first-order chi connectivity index (χ1) is 6.10. The zero-order valence-electron chi connectivity index (χ0n) is 8.92. The number of ether oxygens (including phenoxy) is 1. The normalized spacial score (nSPS) is 11.4. The van der Waals surface area contributed by atoms with Gasteiger partial charge in [-0.1, -0.05) is 32.9 Å². The van der Waals surface area contributed by atoms with Crippen LogP contribution in [0.3, 0.4) is 0 Å². The third-order valence-electron chi connectivity index (χ3n) is 2.76. The molecule has 1 heteroatoms. The van der Waals surface area contributed by atoms with Crippen molar-refractivity contribution in [3.05, 3.63) is 29.8 Å². The van der Waals surface area contributed by atoms with Gasteiger partial charge in [-0.15, -0.1) is 0 Å². The second kappa shape index (κ2) is 3.82. The van der Waals surface area contributed by atoms with Gasteiger partial charge in [-0.3, -0.25) is 0 Å². The highest BCUT2D eigenvalue weighted by molar-refractivity contribution is 5.31. The van der Waals surface area contributed by atoms with E-state index in [1.807, 2.05) is 12.1 Å². The van der Waals surface area contributed by atoms with Gasteiger partial charge in [0.15, 0.2) is 0 Å². The van der Waals surface area contributed by atoms with Gasteiger partial charge < -0.3 is 4.74 Å². The summed E-state index contributed by atoms with van der Waals surface area (Å²) in [7, 11) is 1.69. The van der Waals surface area contributed by atoms with E-state index in [0.717, 1.165) is 12.2 Å². The maximum Gasteiger partial charge on any atom is 0.118 e. The maximum atomic E-state index is 5.12. The van der Waals surface area contributed by atoms with Crippen molar-refractivity contribution < 1.29 is 4.74 Å². The summed E-state index contributed by atoms with van der Waals surface area (Å²) >= 11 is 0. The Hall–Kier alpha value is -0.980. The summed E-state index contributed by atoms with van der Waals surface area (Å²) in [5, 5.41) is 0. The summed E-state index contributed by atoms with van der Waals surface area (Å²) in [5.41, 5.74) is 1.64. The summed E-state index contributed by atoms with van der Waals surface area (Å²) in [6, 6.07) is 8.32. The number of methoxy groups -OCH3 is 1. The molecule has 0 saturated heterocycles. The Balaban J connectivity index is 2.92. The van der Waals surface area contributed by atoms with Crippen LogP contribution in [-0.4, -0.2) is 7.11 Å². The average Bonchev–Trinajstić information content (AvgIpc) is 2.18. The average molecular weight is 178 g/mol. The molecule has 0 saturated carbocycles. The fraction of sp³-hybridized carbons (Fsp3) is 0.500. The monoisotopic (exact) mass is 178 g/mol. The predicted molar refractivity (Wildman–Crippen MR) is 56.3 cm³/mol. The van der Waals surface area contributed by atoms with E-state index >= 15 is 0 Å². The van der Waals surface area contributed by atoms with Crippen LogP contribution in [0.1, 0.15) is 32.8 Å². The topological polar surface area (TPSA) is 9.23 Å². The van der Waals surface area contributed by atoms with E-state index in [2.05, 4.69) is 32.9 Å². The van der Waals surface area contributed by atoms with Gasteiger partial charge in [0.2, 0.25) is 0 Å². The molecule has 1 rings (SSSR count). The van der Waals surface area contributed by atoms with Gasteiger partial charge in [0.25, 0.3) is 0 Å². The first kappa shape index (κ1) is 10.1. The highest BCUT2D eigenvalue weighted by atomic mass is 16.5. The zero-order valence-corrected chi connectivity index (χ0v) is 8.92. The van der Waals surface area contributed by atoms with Crippen LogP contribution in [0.25, 0.3) is 0 Å². The largest absolute Gasteiger partial charge is 0.497 e. The lowest BCUT2D eigenvalue weighted by atomic mass is 9.82. The molecule has 0 spiro atoms. The molecule has 0 N–H and O–H groups in total. The minimum Gasteiger partial charge on any atom is -0.497 e. The number of benzene rings is 1. The summed E-state index contributed by atoms with van der Waals surface area (Å²) in [6.45, 7) is 6.73. The SMILES string of the molecule is CCC(C)(C)c1ccc(OC)cc1. The first-order valence-corrected chi connectivity index (χ1v) is 4.74. The van der Waals surface area contributed by atoms with Crippen LogP contribution in [-0.2, 0) is 5.41 Å². The summed E-state index contributed by atoms with van der Waals surface area (Å²) in [4.78, 5) is 0. The molecular formula is C12H18O. The van der Waals surface area contributed by atoms with Gasteiger partial charge in [0.05, 0.1) is 7.11 Å². The Morgan fingerprint density at radius 3 is 2.08 bits per heavy atom. The molecular weight excluding hydrogens is 160 g/mol. The van der Waals surface area contributed by atoms with Crippen LogP contribution < -0.4 is 4.74 Å². The van der Waals surface area contributed by atoms with Crippen molar-refractivity contribution in [2.24, 2.45) is 0 Å². The Kier molecular flexibility index (Phi) is 2.97. The van der Waals surface area contributed by atoms with E-state index in [1.165, 1.54) is 5.56 Å². The molecule has 0 aliphatic rings. The molecule has 1 nitrogen and oxygen atoms in total. The predicted octanol–water partition coefficient (Wildman–Crippen LogP) is 3.38. The third kappa shape index (κ3) is 2.24. The van der Waals surface area contributed by atoms with E-state index in [9.17, 15) is 0 Å². The molecule has 0 aromatic heterocycles. The van der Waals surface area contributed by atoms with Crippen molar-refractivity contribution >= 4 is 0 Å². The Morgan fingerprint density at radius 2 is 1.69 bits per heavy atom. The fourth-order valence-electron chi connectivity index (χ4n) is 1.25. The lowest BCUT2D eigenvalue weighted by molar-refractivity contribution is 0.413. The summed E-state index contributed by atoms with van der Waals surface area (Å²) in [5.74, 6) is 0.927. The minimum atomic E-state index is 0.270. The standard InChI is InChI=1S/C12H18O/c1-5-12(2,3)10-6-8-11(13-4)9-7-10/h6-9H,5H2,1-4H3. The van der Waals surface area contributed by atoms with Crippen LogP contribution in [0.15, 0.2) is 24.3 Å². The van der Waals surface area contributed by atoms with Crippen LogP contribution in [0.4, 0.5) is 0 Å². The molecule has 0 atom stereocenters. The molecule has 0 amide bonds. The van der Waals surface area contributed by atoms with Crippen LogP contribution in [0, 0.1) is 0 Å². The first-order valence-electron chi connectivity index (χ1n) is 4.74. The molecule has 0 heterocycles.